The Kier molecular flexibility index (Phi) is 4.54. The van der Waals surface area contributed by atoms with E-state index < -0.39 is 5.97 Å². The van der Waals surface area contributed by atoms with E-state index in [1.165, 1.54) is 6.21 Å². The third kappa shape index (κ3) is 3.22. The van der Waals surface area contributed by atoms with Crippen molar-refractivity contribution in [2.45, 2.75) is 26.2 Å². The molecule has 0 aliphatic rings. The zero-order chi connectivity index (χ0) is 7.98. The molecule has 3 heteroatoms. The van der Waals surface area contributed by atoms with Gasteiger partial charge in [0.15, 0.2) is 0 Å². The summed E-state index contributed by atoms with van der Waals surface area (Å²) in [6.45, 7) is 1.85. The molecule has 58 valence electrons. The molecule has 0 spiro atoms. The van der Waals surface area contributed by atoms with Crippen LogP contribution >= 0.6 is 0 Å². The van der Waals surface area contributed by atoms with Crippen LogP contribution in [0.15, 0.2) is 0 Å². The molecule has 0 aromatic rings. The van der Waals surface area contributed by atoms with E-state index in [0.29, 0.717) is 19.3 Å². The van der Waals surface area contributed by atoms with Crippen LogP contribution < -0.4 is 0 Å². The Morgan fingerprint density at radius 2 is 2.40 bits per heavy atom. The fraction of sp³-hybridized carbons (Fsp3) is 0.714. The van der Waals surface area contributed by atoms with Gasteiger partial charge in [-0.2, -0.15) is 0 Å². The summed E-state index contributed by atoms with van der Waals surface area (Å²) in [5.41, 5.74) is 0. The van der Waals surface area contributed by atoms with Crippen molar-refractivity contribution in [3.05, 3.63) is 0 Å². The largest absolute Gasteiger partial charge is 0.481 e. The monoisotopic (exact) mass is 143 g/mol. The number of carbonyl (C=O) groups is 1. The SMILES string of the molecule is CCC(CCC=N)C(=O)O. The van der Waals surface area contributed by atoms with Crippen molar-refractivity contribution in [2.75, 3.05) is 0 Å². The second kappa shape index (κ2) is 4.97. The van der Waals surface area contributed by atoms with Crippen molar-refractivity contribution in [3.8, 4) is 0 Å². The first-order valence-corrected chi connectivity index (χ1v) is 3.44. The first-order valence-electron chi connectivity index (χ1n) is 3.44. The van der Waals surface area contributed by atoms with Gasteiger partial charge in [-0.25, -0.2) is 0 Å². The predicted molar refractivity (Wildman–Crippen MR) is 39.4 cm³/mol. The predicted octanol–water partition coefficient (Wildman–Crippen LogP) is 1.53. The van der Waals surface area contributed by atoms with Crippen LogP contribution in [-0.4, -0.2) is 17.3 Å². The van der Waals surface area contributed by atoms with Crippen molar-refractivity contribution in [2.24, 2.45) is 5.92 Å². The number of hydrogen-bond acceptors (Lipinski definition) is 2. The smallest absolute Gasteiger partial charge is 0.306 e. The maximum atomic E-state index is 10.4. The van der Waals surface area contributed by atoms with E-state index in [1.54, 1.807) is 0 Å². The first kappa shape index (κ1) is 9.14. The van der Waals surface area contributed by atoms with Crippen molar-refractivity contribution >= 4 is 12.2 Å². The number of rotatable bonds is 5. The zero-order valence-corrected chi connectivity index (χ0v) is 6.13. The first-order chi connectivity index (χ1) is 4.72. The van der Waals surface area contributed by atoms with Crippen LogP contribution in [0.1, 0.15) is 26.2 Å². The van der Waals surface area contributed by atoms with E-state index in [2.05, 4.69) is 0 Å². The van der Waals surface area contributed by atoms with Crippen LogP contribution in [-0.2, 0) is 4.79 Å². The van der Waals surface area contributed by atoms with E-state index in [0.717, 1.165) is 0 Å². The second-order valence-electron chi connectivity index (χ2n) is 2.22. The molecular formula is C7H13NO2. The van der Waals surface area contributed by atoms with Gasteiger partial charge < -0.3 is 10.5 Å². The van der Waals surface area contributed by atoms with Gasteiger partial charge in [-0.05, 0) is 25.5 Å². The molecule has 3 nitrogen and oxygen atoms in total. The standard InChI is InChI=1S/C7H13NO2/c1-2-6(7(9)10)4-3-5-8/h5-6,8H,2-4H2,1H3,(H,9,10). The molecule has 0 aromatic carbocycles. The molecule has 0 aliphatic carbocycles. The fourth-order valence-corrected chi connectivity index (χ4v) is 0.787. The van der Waals surface area contributed by atoms with Crippen LogP contribution in [0.4, 0.5) is 0 Å². The minimum atomic E-state index is -0.746. The molecular weight excluding hydrogens is 130 g/mol. The Morgan fingerprint density at radius 3 is 2.70 bits per heavy atom. The third-order valence-electron chi connectivity index (χ3n) is 1.50. The summed E-state index contributed by atoms with van der Waals surface area (Å²) in [4.78, 5) is 10.4. The Balaban J connectivity index is 3.60. The molecule has 0 fully saturated rings. The van der Waals surface area contributed by atoms with Crippen molar-refractivity contribution in [1.29, 1.82) is 5.41 Å². The van der Waals surface area contributed by atoms with E-state index >= 15 is 0 Å². The highest BCUT2D eigenvalue weighted by Crippen LogP contribution is 2.09. The molecule has 1 unspecified atom stereocenters. The van der Waals surface area contributed by atoms with E-state index in [-0.39, 0.29) is 5.92 Å². The van der Waals surface area contributed by atoms with E-state index in [1.807, 2.05) is 6.92 Å². The van der Waals surface area contributed by atoms with Gasteiger partial charge in [0.2, 0.25) is 0 Å². The molecule has 1 atom stereocenters. The third-order valence-corrected chi connectivity index (χ3v) is 1.50. The van der Waals surface area contributed by atoms with Gasteiger partial charge in [0.05, 0.1) is 5.92 Å². The topological polar surface area (TPSA) is 61.2 Å². The van der Waals surface area contributed by atoms with Crippen LogP contribution in [0.3, 0.4) is 0 Å². The summed E-state index contributed by atoms with van der Waals surface area (Å²) in [6.07, 6.45) is 3.08. The van der Waals surface area contributed by atoms with Gasteiger partial charge in [-0.3, -0.25) is 4.79 Å². The van der Waals surface area contributed by atoms with Crippen LogP contribution in [0.25, 0.3) is 0 Å². The highest BCUT2D eigenvalue weighted by atomic mass is 16.4. The summed E-state index contributed by atoms with van der Waals surface area (Å²) in [5.74, 6) is -1.01. The normalized spacial score (nSPS) is 12.5. The molecule has 2 N–H and O–H groups in total. The van der Waals surface area contributed by atoms with Crippen molar-refractivity contribution < 1.29 is 9.90 Å². The average Bonchev–Trinajstić information content (AvgIpc) is 1.89. The van der Waals surface area contributed by atoms with E-state index in [4.69, 9.17) is 10.5 Å². The summed E-state index contributed by atoms with van der Waals surface area (Å²) in [6, 6.07) is 0. The molecule has 0 aromatic heterocycles. The van der Waals surface area contributed by atoms with E-state index in [9.17, 15) is 4.79 Å². The summed E-state index contributed by atoms with van der Waals surface area (Å²) in [7, 11) is 0. The molecule has 0 saturated carbocycles. The Hall–Kier alpha value is -0.860. The highest BCUT2D eigenvalue weighted by molar-refractivity contribution is 5.70. The van der Waals surface area contributed by atoms with Crippen molar-refractivity contribution in [1.82, 2.24) is 0 Å². The van der Waals surface area contributed by atoms with Gasteiger partial charge in [-0.1, -0.05) is 6.92 Å². The summed E-state index contributed by atoms with van der Waals surface area (Å²) < 4.78 is 0. The number of carboxylic acids is 1. The second-order valence-corrected chi connectivity index (χ2v) is 2.22. The lowest BCUT2D eigenvalue weighted by Crippen LogP contribution is -2.12. The molecule has 0 heterocycles. The molecule has 10 heavy (non-hydrogen) atoms. The molecule has 0 radical (unpaired) electrons. The van der Waals surface area contributed by atoms with Gasteiger partial charge in [0, 0.05) is 0 Å². The highest BCUT2D eigenvalue weighted by Gasteiger charge is 2.12. The van der Waals surface area contributed by atoms with Gasteiger partial charge in [0.25, 0.3) is 0 Å². The summed E-state index contributed by atoms with van der Waals surface area (Å²) in [5, 5.41) is 15.2. The molecule has 0 saturated heterocycles. The number of nitrogens with one attached hydrogen (secondary N) is 1. The van der Waals surface area contributed by atoms with Gasteiger partial charge >= 0.3 is 5.97 Å². The lowest BCUT2D eigenvalue weighted by molar-refractivity contribution is -0.141. The number of hydrogen-bond donors (Lipinski definition) is 2. The van der Waals surface area contributed by atoms with Gasteiger partial charge in [-0.15, -0.1) is 0 Å². The fourth-order valence-electron chi connectivity index (χ4n) is 0.787. The number of carboxylic acid groups (broad SMARTS) is 1. The average molecular weight is 143 g/mol. The minimum absolute atomic E-state index is 0.262. The Labute approximate surface area is 60.6 Å². The lowest BCUT2D eigenvalue weighted by Gasteiger charge is -2.05. The molecule has 0 rings (SSSR count). The van der Waals surface area contributed by atoms with Crippen LogP contribution in [0.5, 0.6) is 0 Å². The minimum Gasteiger partial charge on any atom is -0.481 e. The van der Waals surface area contributed by atoms with Crippen LogP contribution in [0, 0.1) is 11.3 Å². The molecule has 0 amide bonds. The van der Waals surface area contributed by atoms with Crippen LogP contribution in [0.2, 0.25) is 0 Å². The number of aliphatic carboxylic acids is 1. The maximum absolute atomic E-state index is 10.4. The molecule has 0 aliphatic heterocycles. The maximum Gasteiger partial charge on any atom is 0.306 e. The summed E-state index contributed by atoms with van der Waals surface area (Å²) >= 11 is 0. The zero-order valence-electron chi connectivity index (χ0n) is 6.13. The van der Waals surface area contributed by atoms with Gasteiger partial charge in [0.1, 0.15) is 0 Å². The quantitative estimate of drug-likeness (QED) is 0.573. The van der Waals surface area contributed by atoms with Crippen molar-refractivity contribution in [3.63, 3.8) is 0 Å². The Bertz CT molecular complexity index is 123. The Morgan fingerprint density at radius 1 is 1.80 bits per heavy atom. The molecule has 0 bridgehead atoms. The lowest BCUT2D eigenvalue weighted by atomic mass is 10.0.